The van der Waals surface area contributed by atoms with Gasteiger partial charge in [-0.25, -0.2) is 13.2 Å². The second kappa shape index (κ2) is 10.4. The van der Waals surface area contributed by atoms with E-state index < -0.39 is 52.4 Å². The first kappa shape index (κ1) is 27.1. The zero-order valence-corrected chi connectivity index (χ0v) is 22.1. The van der Waals surface area contributed by atoms with E-state index in [4.69, 9.17) is 4.74 Å². The molecule has 0 aliphatic carbocycles. The Morgan fingerprint density at radius 2 is 1.83 bits per heavy atom. The number of carbonyl (C=O) groups excluding carboxylic acids is 2. The number of aliphatic hydroxyl groups is 1. The average Bonchev–Trinajstić information content (AvgIpc) is 3.12. The minimum Gasteiger partial charge on any atom is -0.483 e. The van der Waals surface area contributed by atoms with Gasteiger partial charge in [-0.05, 0) is 31.2 Å². The number of halogens is 3. The summed E-state index contributed by atoms with van der Waals surface area (Å²) in [7, 11) is 0. The van der Waals surface area contributed by atoms with E-state index in [0.29, 0.717) is 38.1 Å². The Kier molecular flexibility index (Phi) is 6.85. The first-order valence-corrected chi connectivity index (χ1v) is 13.6. The van der Waals surface area contributed by atoms with Crippen molar-refractivity contribution in [1.29, 1.82) is 0 Å². The maximum absolute atomic E-state index is 14.3. The maximum Gasteiger partial charge on any atom is 0.274 e. The van der Waals surface area contributed by atoms with Crippen LogP contribution in [0.4, 0.5) is 13.2 Å². The number of aromatic nitrogens is 1. The van der Waals surface area contributed by atoms with Crippen LogP contribution in [0.2, 0.25) is 0 Å². The summed E-state index contributed by atoms with van der Waals surface area (Å²) in [5.41, 5.74) is -1.40. The van der Waals surface area contributed by atoms with Crippen LogP contribution >= 0.6 is 0 Å². The molecule has 0 saturated carbocycles. The van der Waals surface area contributed by atoms with Crippen molar-refractivity contribution in [3.8, 4) is 5.75 Å². The van der Waals surface area contributed by atoms with E-state index in [9.17, 15) is 32.7 Å². The van der Waals surface area contributed by atoms with Gasteiger partial charge in [0.1, 0.15) is 29.6 Å². The van der Waals surface area contributed by atoms with E-state index in [1.54, 1.807) is 33.7 Å². The molecule has 3 aromatic rings. The molecule has 1 unspecified atom stereocenters. The number of amides is 2. The average molecular weight is 568 g/mol. The molecule has 3 aliphatic heterocycles. The summed E-state index contributed by atoms with van der Waals surface area (Å²) in [5, 5.41) is 12.8. The lowest BCUT2D eigenvalue weighted by Gasteiger charge is -2.42. The number of aliphatic hydroxyl groups excluding tert-OH is 1. The van der Waals surface area contributed by atoms with Crippen LogP contribution in [0.15, 0.2) is 47.3 Å². The van der Waals surface area contributed by atoms with Gasteiger partial charge in [0, 0.05) is 48.9 Å². The van der Waals surface area contributed by atoms with Crippen molar-refractivity contribution in [3.05, 3.63) is 98.2 Å². The smallest absolute Gasteiger partial charge is 0.274 e. The van der Waals surface area contributed by atoms with Crippen LogP contribution in [0.1, 0.15) is 69.3 Å². The van der Waals surface area contributed by atoms with Gasteiger partial charge in [0.05, 0.1) is 12.1 Å². The molecule has 8 nitrogen and oxygen atoms in total. The van der Waals surface area contributed by atoms with E-state index in [0.717, 1.165) is 18.4 Å². The molecule has 2 aromatic carbocycles. The van der Waals surface area contributed by atoms with Crippen molar-refractivity contribution < 1.29 is 32.6 Å². The summed E-state index contributed by atoms with van der Waals surface area (Å²) in [6, 6.07) is 10.0. The summed E-state index contributed by atoms with van der Waals surface area (Å²) in [6.45, 7) is -0.182. The number of hydrogen-bond donors (Lipinski definition) is 2. The third-order valence-corrected chi connectivity index (χ3v) is 8.36. The molecule has 2 atom stereocenters. The van der Waals surface area contributed by atoms with Crippen molar-refractivity contribution in [1.82, 2.24) is 14.8 Å². The molecule has 3 aliphatic rings. The van der Waals surface area contributed by atoms with Crippen LogP contribution in [-0.2, 0) is 18.7 Å². The van der Waals surface area contributed by atoms with Crippen LogP contribution in [0.25, 0.3) is 0 Å². The second-order valence-corrected chi connectivity index (χ2v) is 10.9. The third-order valence-electron chi connectivity index (χ3n) is 8.36. The largest absolute Gasteiger partial charge is 0.483 e. The van der Waals surface area contributed by atoms with Crippen LogP contribution in [0, 0.1) is 17.5 Å². The Balaban J connectivity index is 1.50. The lowest BCUT2D eigenvalue weighted by atomic mass is 9.86. The predicted octanol–water partition coefficient (Wildman–Crippen LogP) is 3.59. The Morgan fingerprint density at radius 3 is 2.54 bits per heavy atom. The Bertz CT molecular complexity index is 1590. The fourth-order valence-electron chi connectivity index (χ4n) is 6.56. The Morgan fingerprint density at radius 1 is 1.10 bits per heavy atom. The number of benzene rings is 2. The van der Waals surface area contributed by atoms with Gasteiger partial charge in [0.2, 0.25) is 5.43 Å². The number of fused-ring (bicyclic) bond motifs is 1. The van der Waals surface area contributed by atoms with Crippen molar-refractivity contribution in [2.45, 2.75) is 50.3 Å². The number of pyridine rings is 1. The van der Waals surface area contributed by atoms with E-state index in [1.807, 2.05) is 6.07 Å². The monoisotopic (exact) mass is 567 g/mol. The molecule has 2 amide bonds. The zero-order valence-electron chi connectivity index (χ0n) is 22.1. The van der Waals surface area contributed by atoms with Gasteiger partial charge in [-0.1, -0.05) is 30.3 Å². The molecule has 41 heavy (non-hydrogen) atoms. The van der Waals surface area contributed by atoms with E-state index in [2.05, 4.69) is 5.32 Å². The van der Waals surface area contributed by atoms with Crippen LogP contribution < -0.4 is 15.5 Å². The van der Waals surface area contributed by atoms with Crippen LogP contribution in [0.5, 0.6) is 5.75 Å². The van der Waals surface area contributed by atoms with E-state index in [1.165, 1.54) is 0 Å². The van der Waals surface area contributed by atoms with Crippen molar-refractivity contribution in [2.24, 2.45) is 0 Å². The number of rotatable bonds is 7. The minimum atomic E-state index is -1.18. The summed E-state index contributed by atoms with van der Waals surface area (Å²) in [6.07, 6.45) is 2.65. The molecule has 1 saturated heterocycles. The lowest BCUT2D eigenvalue weighted by molar-refractivity contribution is 0.0574. The highest BCUT2D eigenvalue weighted by Crippen LogP contribution is 2.50. The van der Waals surface area contributed by atoms with Gasteiger partial charge < -0.3 is 24.6 Å². The summed E-state index contributed by atoms with van der Waals surface area (Å²) in [4.78, 5) is 43.2. The van der Waals surface area contributed by atoms with E-state index >= 15 is 0 Å². The van der Waals surface area contributed by atoms with Gasteiger partial charge >= 0.3 is 0 Å². The molecule has 1 aromatic heterocycles. The van der Waals surface area contributed by atoms with Gasteiger partial charge in [-0.15, -0.1) is 0 Å². The molecule has 1 fully saturated rings. The van der Waals surface area contributed by atoms with Crippen LogP contribution in [-0.4, -0.2) is 46.1 Å². The van der Waals surface area contributed by atoms with Gasteiger partial charge in [-0.3, -0.25) is 14.4 Å². The fraction of sp³-hybridized carbons (Fsp3) is 0.367. The molecule has 11 heteroatoms. The molecule has 0 radical (unpaired) electrons. The molecule has 2 N–H and O–H groups in total. The van der Waals surface area contributed by atoms with Crippen molar-refractivity contribution in [2.75, 3.05) is 19.7 Å². The standard InChI is InChI=1S/C30H28F3N3O5/c31-19-10-21(32)20(22(33)11-19)13-34-28(39)23-24-18(14-37)12-30-8-4-5-9-35(16-30)29(40)25(36(24)30)27(26(23)38)41-15-17-6-2-1-3-7-17/h1-3,6-7,10-11,18,37H,4-5,8-9,12-16H2,(H,34,39)/t18?,30-/m0/s1. The number of carbonyl (C=O) groups is 2. The third kappa shape index (κ3) is 4.48. The Labute approximate surface area is 233 Å². The van der Waals surface area contributed by atoms with Gasteiger partial charge in [0.15, 0.2) is 11.4 Å². The summed E-state index contributed by atoms with van der Waals surface area (Å²) >= 11 is 0. The highest BCUT2D eigenvalue weighted by atomic mass is 19.1. The number of nitrogens with zero attached hydrogens (tertiary/aromatic N) is 2. The topological polar surface area (TPSA) is 101 Å². The van der Waals surface area contributed by atoms with Gasteiger partial charge in [-0.2, -0.15) is 0 Å². The highest BCUT2D eigenvalue weighted by Gasteiger charge is 2.54. The molecule has 2 bridgehead atoms. The van der Waals surface area contributed by atoms with Gasteiger partial charge in [0.25, 0.3) is 11.8 Å². The Hall–Kier alpha value is -4.12. The molecule has 6 rings (SSSR count). The summed E-state index contributed by atoms with van der Waals surface area (Å²) in [5.74, 6) is -5.70. The normalized spacial score (nSPS) is 20.9. The van der Waals surface area contributed by atoms with Crippen molar-refractivity contribution >= 4 is 11.8 Å². The predicted molar refractivity (Wildman–Crippen MR) is 141 cm³/mol. The van der Waals surface area contributed by atoms with Crippen LogP contribution in [0.3, 0.4) is 0 Å². The number of hydrogen-bond acceptors (Lipinski definition) is 5. The first-order valence-electron chi connectivity index (χ1n) is 13.6. The first-order chi connectivity index (χ1) is 19.7. The minimum absolute atomic E-state index is 0.0425. The number of nitrogens with one attached hydrogen (secondary N) is 1. The zero-order chi connectivity index (χ0) is 28.9. The van der Waals surface area contributed by atoms with E-state index in [-0.39, 0.29) is 41.8 Å². The molecule has 1 spiro atoms. The molecular weight excluding hydrogens is 539 g/mol. The quantitative estimate of drug-likeness (QED) is 0.455. The summed E-state index contributed by atoms with van der Waals surface area (Å²) < 4.78 is 49.7. The molecule has 214 valence electrons. The fourth-order valence-corrected chi connectivity index (χ4v) is 6.56. The maximum atomic E-state index is 14.3. The molecular formula is C30H28F3N3O5. The lowest BCUT2D eigenvalue weighted by Crippen LogP contribution is -2.52. The number of ether oxygens (including phenoxy) is 1. The second-order valence-electron chi connectivity index (χ2n) is 10.9. The highest BCUT2D eigenvalue weighted by molar-refractivity contribution is 6.01. The van der Waals surface area contributed by atoms with Crippen molar-refractivity contribution in [3.63, 3.8) is 0 Å². The SMILES string of the molecule is O=C(NCc1c(F)cc(F)cc1F)c1c2n3c(c(OCc4ccccc4)c1=O)C(=O)N1CCCC[C@]3(CC2CO)C1. The molecule has 4 heterocycles.